The van der Waals surface area contributed by atoms with Crippen molar-refractivity contribution in [3.05, 3.63) is 89.5 Å². The van der Waals surface area contributed by atoms with Crippen LogP contribution in [0.3, 0.4) is 0 Å². The van der Waals surface area contributed by atoms with Crippen molar-refractivity contribution in [3.8, 4) is 11.5 Å². The van der Waals surface area contributed by atoms with Crippen molar-refractivity contribution in [3.63, 3.8) is 0 Å². The minimum atomic E-state index is -4.69. The maximum Gasteiger partial charge on any atom is 0.501 e. The van der Waals surface area contributed by atoms with Gasteiger partial charge in [0.05, 0.1) is 23.9 Å². The van der Waals surface area contributed by atoms with Gasteiger partial charge in [-0.1, -0.05) is 36.4 Å². The highest BCUT2D eigenvalue weighted by atomic mass is 19.4. The van der Waals surface area contributed by atoms with Crippen LogP contribution in [0, 0.1) is 0 Å². The first kappa shape index (κ1) is 25.0. The molecule has 3 aromatic rings. The number of ether oxygens (including phenoxy) is 2. The topological polar surface area (TPSA) is 87.9 Å². The Balaban J connectivity index is 1.49. The van der Waals surface area contributed by atoms with Gasteiger partial charge in [0, 0.05) is 0 Å². The Morgan fingerprint density at radius 3 is 2.42 bits per heavy atom. The number of nitrogens with zero attached hydrogens (tertiary/aromatic N) is 2. The van der Waals surface area contributed by atoms with Crippen LogP contribution in [0.2, 0.25) is 0 Å². The molecule has 1 atom stereocenters. The molecule has 0 bridgehead atoms. The first-order valence-corrected chi connectivity index (χ1v) is 11.5. The molecule has 0 spiro atoms. The number of benzene rings is 3. The molecule has 38 heavy (non-hydrogen) atoms. The van der Waals surface area contributed by atoms with Gasteiger partial charge in [-0.2, -0.15) is 27.4 Å². The molecule has 2 aliphatic rings. The fourth-order valence-corrected chi connectivity index (χ4v) is 4.43. The highest BCUT2D eigenvalue weighted by Crippen LogP contribution is 2.35. The number of para-hydroxylation sites is 2. The summed E-state index contributed by atoms with van der Waals surface area (Å²) >= 11 is 0. The van der Waals surface area contributed by atoms with Crippen molar-refractivity contribution in [2.75, 3.05) is 19.0 Å². The van der Waals surface area contributed by atoms with E-state index in [0.29, 0.717) is 22.6 Å². The predicted octanol–water partition coefficient (Wildman–Crippen LogP) is 4.08. The third-order valence-electron chi connectivity index (χ3n) is 6.21. The second kappa shape index (κ2) is 9.66. The Morgan fingerprint density at radius 1 is 1.03 bits per heavy atom. The van der Waals surface area contributed by atoms with E-state index in [2.05, 4.69) is 5.32 Å². The zero-order valence-corrected chi connectivity index (χ0v) is 20.0. The summed E-state index contributed by atoms with van der Waals surface area (Å²) in [6, 6.07) is 17.1. The number of amides is 4. The smallest absolute Gasteiger partial charge is 0.497 e. The Kier molecular flexibility index (Phi) is 6.35. The summed E-state index contributed by atoms with van der Waals surface area (Å²) in [6.45, 7) is -0.749. The fourth-order valence-electron chi connectivity index (χ4n) is 4.43. The van der Waals surface area contributed by atoms with Crippen LogP contribution in [0.5, 0.6) is 11.5 Å². The quantitative estimate of drug-likeness (QED) is 0.491. The number of carbonyl (C=O) groups excluding carboxylic acids is 3. The van der Waals surface area contributed by atoms with Gasteiger partial charge < -0.3 is 14.8 Å². The van der Waals surface area contributed by atoms with Crippen LogP contribution < -0.4 is 14.8 Å². The van der Waals surface area contributed by atoms with Gasteiger partial charge in [-0.25, -0.2) is 4.79 Å². The molecule has 5 rings (SSSR count). The highest BCUT2D eigenvalue weighted by Gasteiger charge is 2.54. The molecule has 2 heterocycles. The summed E-state index contributed by atoms with van der Waals surface area (Å²) in [5, 5.41) is 2.25. The predicted molar refractivity (Wildman–Crippen MR) is 129 cm³/mol. The summed E-state index contributed by atoms with van der Waals surface area (Å²) in [6.07, 6.45) is -5.89. The van der Waals surface area contributed by atoms with Gasteiger partial charge in [-0.15, -0.1) is 0 Å². The molecule has 0 saturated heterocycles. The van der Waals surface area contributed by atoms with Gasteiger partial charge in [0.1, 0.15) is 18.0 Å². The van der Waals surface area contributed by atoms with E-state index in [0.717, 1.165) is 21.6 Å². The Labute approximate surface area is 214 Å². The number of halogens is 3. The van der Waals surface area contributed by atoms with Crippen molar-refractivity contribution in [1.82, 2.24) is 4.90 Å². The normalized spacial score (nSPS) is 16.6. The number of hydrogen-bond donors (Lipinski definition) is 1. The SMILES string of the molecule is COc1ccc(CN2C(=O)C3Oc4ccccc4C3=[N+](CC(=O)Nc3ccccc3C(F)(F)F)C2=O)cc1. The molecular formula is C27H21F3N3O5+. The second-order valence-electron chi connectivity index (χ2n) is 8.61. The molecule has 3 aromatic carbocycles. The molecule has 8 nitrogen and oxygen atoms in total. The lowest BCUT2D eigenvalue weighted by molar-refractivity contribution is -0.428. The number of alkyl halides is 3. The molecule has 0 aromatic heterocycles. The van der Waals surface area contributed by atoms with Crippen molar-refractivity contribution < 1.29 is 41.6 Å². The van der Waals surface area contributed by atoms with Crippen molar-refractivity contribution in [1.29, 1.82) is 0 Å². The lowest BCUT2D eigenvalue weighted by Gasteiger charge is -2.24. The zero-order chi connectivity index (χ0) is 27.0. The maximum atomic E-state index is 13.6. The van der Waals surface area contributed by atoms with Gasteiger partial charge in [-0.3, -0.25) is 4.79 Å². The number of hydrogen-bond acceptors (Lipinski definition) is 5. The number of fused-ring (bicyclic) bond motifs is 3. The van der Waals surface area contributed by atoms with E-state index in [9.17, 15) is 27.6 Å². The third kappa shape index (κ3) is 4.58. The Bertz CT molecular complexity index is 1470. The number of carbonyl (C=O) groups is 3. The number of nitrogens with one attached hydrogen (secondary N) is 1. The van der Waals surface area contributed by atoms with Crippen molar-refractivity contribution >= 4 is 29.2 Å². The van der Waals surface area contributed by atoms with Gasteiger partial charge in [0.25, 0.3) is 12.0 Å². The summed E-state index contributed by atoms with van der Waals surface area (Å²) in [5.74, 6) is -0.541. The molecule has 0 fully saturated rings. The van der Waals surface area contributed by atoms with Crippen molar-refractivity contribution in [2.24, 2.45) is 0 Å². The fraction of sp³-hybridized carbons (Fsp3) is 0.185. The van der Waals surface area contributed by atoms with Gasteiger partial charge in [0.15, 0.2) is 12.3 Å². The average molecular weight is 524 g/mol. The molecule has 0 radical (unpaired) electrons. The van der Waals surface area contributed by atoms with Crippen LogP contribution in [0.4, 0.5) is 23.7 Å². The first-order chi connectivity index (χ1) is 18.2. The van der Waals surface area contributed by atoms with E-state index >= 15 is 0 Å². The minimum Gasteiger partial charge on any atom is -0.497 e. The van der Waals surface area contributed by atoms with Crippen LogP contribution in [0.25, 0.3) is 0 Å². The van der Waals surface area contributed by atoms with E-state index in [-0.39, 0.29) is 12.3 Å². The standard InChI is InChI=1S/C27H20F3N3O5/c1-37-17-12-10-16(11-13-17)14-33-25(35)24-23(18-6-2-5-9-21(18)38-24)32(26(33)36)15-22(34)31-20-8-4-3-7-19(20)27(28,29)30/h2-13,24H,14-15H2,1H3/p+1. The van der Waals surface area contributed by atoms with E-state index in [1.54, 1.807) is 48.5 Å². The number of rotatable bonds is 6. The third-order valence-corrected chi connectivity index (χ3v) is 6.21. The van der Waals surface area contributed by atoms with E-state index in [4.69, 9.17) is 9.47 Å². The summed E-state index contributed by atoms with van der Waals surface area (Å²) in [5.41, 5.74) is -0.220. The molecule has 0 saturated carbocycles. The van der Waals surface area contributed by atoms with Gasteiger partial charge >= 0.3 is 18.1 Å². The van der Waals surface area contributed by atoms with Crippen LogP contribution in [-0.4, -0.2) is 52.8 Å². The average Bonchev–Trinajstić information content (AvgIpc) is 3.29. The summed E-state index contributed by atoms with van der Waals surface area (Å²) < 4.78 is 52.3. The molecule has 0 aliphatic carbocycles. The molecule has 1 N–H and O–H groups in total. The summed E-state index contributed by atoms with van der Waals surface area (Å²) in [7, 11) is 1.51. The van der Waals surface area contributed by atoms with E-state index in [1.807, 2.05) is 0 Å². The number of urea groups is 1. The Morgan fingerprint density at radius 2 is 1.71 bits per heavy atom. The van der Waals surface area contributed by atoms with Crippen LogP contribution in [0.15, 0.2) is 72.8 Å². The van der Waals surface area contributed by atoms with E-state index in [1.165, 1.54) is 19.2 Å². The number of anilines is 1. The van der Waals surface area contributed by atoms with Crippen LogP contribution in [0.1, 0.15) is 16.7 Å². The van der Waals surface area contributed by atoms with Crippen LogP contribution >= 0.6 is 0 Å². The molecule has 2 aliphatic heterocycles. The van der Waals surface area contributed by atoms with Crippen LogP contribution in [-0.2, 0) is 22.3 Å². The van der Waals surface area contributed by atoms with E-state index < -0.39 is 47.9 Å². The van der Waals surface area contributed by atoms with Crippen molar-refractivity contribution in [2.45, 2.75) is 18.8 Å². The second-order valence-corrected chi connectivity index (χ2v) is 8.61. The molecule has 194 valence electrons. The molecular weight excluding hydrogens is 503 g/mol. The zero-order valence-electron chi connectivity index (χ0n) is 20.0. The molecule has 4 amide bonds. The highest BCUT2D eigenvalue weighted by molar-refractivity contribution is 6.22. The Hall–Kier alpha value is -4.67. The maximum absolute atomic E-state index is 13.6. The molecule has 1 unspecified atom stereocenters. The summed E-state index contributed by atoms with van der Waals surface area (Å²) in [4.78, 5) is 40.9. The van der Waals surface area contributed by atoms with Gasteiger partial charge in [0.2, 0.25) is 0 Å². The lowest BCUT2D eigenvalue weighted by Crippen LogP contribution is -2.58. The largest absolute Gasteiger partial charge is 0.501 e. The number of methoxy groups -OCH3 is 1. The minimum absolute atomic E-state index is 0.111. The molecule has 11 heteroatoms. The monoisotopic (exact) mass is 524 g/mol. The lowest BCUT2D eigenvalue weighted by atomic mass is 10.0. The first-order valence-electron chi connectivity index (χ1n) is 11.5. The van der Waals surface area contributed by atoms with Gasteiger partial charge in [-0.05, 0) is 42.0 Å². The number of imide groups is 1.